The molecule has 2 heterocycles. The van der Waals surface area contributed by atoms with Crippen molar-refractivity contribution in [1.82, 2.24) is 19.2 Å². The van der Waals surface area contributed by atoms with Crippen LogP contribution in [-0.2, 0) is 0 Å². The van der Waals surface area contributed by atoms with Gasteiger partial charge in [-0.15, -0.1) is 0 Å². The zero-order valence-corrected chi connectivity index (χ0v) is 9.78. The minimum absolute atomic E-state index is 0.200. The Kier molecular flexibility index (Phi) is 2.26. The van der Waals surface area contributed by atoms with Crippen molar-refractivity contribution in [2.24, 2.45) is 0 Å². The van der Waals surface area contributed by atoms with E-state index in [9.17, 15) is 9.59 Å². The van der Waals surface area contributed by atoms with Crippen molar-refractivity contribution in [2.45, 2.75) is 19.9 Å². The quantitative estimate of drug-likeness (QED) is 0.823. The van der Waals surface area contributed by atoms with Gasteiger partial charge in [0.15, 0.2) is 5.65 Å². The lowest BCUT2D eigenvalue weighted by Gasteiger charge is -2.07. The van der Waals surface area contributed by atoms with Crippen molar-refractivity contribution in [2.75, 3.05) is 0 Å². The predicted octanol–water partition coefficient (Wildman–Crippen LogP) is 0.528. The van der Waals surface area contributed by atoms with Gasteiger partial charge in [0.25, 0.3) is 0 Å². The fourth-order valence-electron chi connectivity index (χ4n) is 1.39. The maximum atomic E-state index is 11.8. The molecule has 0 radical (unpaired) electrons. The summed E-state index contributed by atoms with van der Waals surface area (Å²) < 4.78 is 2.87. The Balaban J connectivity index is 2.99. The number of nitrogens with zero attached hydrogens (tertiary/aromatic N) is 3. The number of rotatable bonds is 1. The summed E-state index contributed by atoms with van der Waals surface area (Å²) >= 11 is 3.20. The predicted molar refractivity (Wildman–Crippen MR) is 58.2 cm³/mol. The van der Waals surface area contributed by atoms with Crippen molar-refractivity contribution in [3.8, 4) is 0 Å². The van der Waals surface area contributed by atoms with Crippen molar-refractivity contribution in [1.29, 1.82) is 0 Å². The van der Waals surface area contributed by atoms with Crippen molar-refractivity contribution < 1.29 is 0 Å². The Bertz CT molecular complexity index is 622. The van der Waals surface area contributed by atoms with E-state index < -0.39 is 11.4 Å². The fourth-order valence-corrected chi connectivity index (χ4v) is 1.75. The molecule has 0 fully saturated rings. The highest BCUT2D eigenvalue weighted by molar-refractivity contribution is 9.10. The molecule has 0 aromatic carbocycles. The van der Waals surface area contributed by atoms with Gasteiger partial charge in [-0.05, 0) is 29.8 Å². The number of aromatic amines is 1. The van der Waals surface area contributed by atoms with Gasteiger partial charge in [-0.2, -0.15) is 9.61 Å². The largest absolute Gasteiger partial charge is 0.355 e. The van der Waals surface area contributed by atoms with E-state index in [1.54, 1.807) is 13.8 Å². The summed E-state index contributed by atoms with van der Waals surface area (Å²) in [4.78, 5) is 26.0. The van der Waals surface area contributed by atoms with Gasteiger partial charge in [0, 0.05) is 6.04 Å². The van der Waals surface area contributed by atoms with E-state index in [1.807, 2.05) is 0 Å². The lowest BCUT2D eigenvalue weighted by atomic mass is 10.4. The van der Waals surface area contributed by atoms with Crippen LogP contribution in [0.1, 0.15) is 19.9 Å². The molecular formula is C8H9BrN4O2. The van der Waals surface area contributed by atoms with Gasteiger partial charge < -0.3 is 0 Å². The summed E-state index contributed by atoms with van der Waals surface area (Å²) in [7, 11) is 0. The van der Waals surface area contributed by atoms with E-state index in [4.69, 9.17) is 0 Å². The Morgan fingerprint density at radius 1 is 1.47 bits per heavy atom. The molecule has 1 N–H and O–H groups in total. The first-order valence-corrected chi connectivity index (χ1v) is 5.19. The average Bonchev–Trinajstić information content (AvgIpc) is 2.47. The molecule has 80 valence electrons. The van der Waals surface area contributed by atoms with Gasteiger partial charge in [-0.1, -0.05) is 0 Å². The molecule has 2 rings (SSSR count). The number of hydrogen-bond donors (Lipinski definition) is 1. The maximum absolute atomic E-state index is 11.8. The highest BCUT2D eigenvalue weighted by atomic mass is 79.9. The Hall–Kier alpha value is -1.37. The molecule has 2 aromatic heterocycles. The van der Waals surface area contributed by atoms with Crippen LogP contribution in [0.2, 0.25) is 0 Å². The third kappa shape index (κ3) is 1.43. The van der Waals surface area contributed by atoms with Crippen LogP contribution in [0.15, 0.2) is 20.3 Å². The molecule has 0 unspecified atom stereocenters. The first-order chi connectivity index (χ1) is 7.02. The Labute approximate surface area is 92.7 Å². The van der Waals surface area contributed by atoms with E-state index in [2.05, 4.69) is 26.0 Å². The van der Waals surface area contributed by atoms with Crippen LogP contribution in [0.25, 0.3) is 5.65 Å². The topological polar surface area (TPSA) is 72.2 Å². The highest BCUT2D eigenvalue weighted by Gasteiger charge is 2.12. The van der Waals surface area contributed by atoms with Crippen LogP contribution in [0.3, 0.4) is 0 Å². The zero-order chi connectivity index (χ0) is 11.2. The van der Waals surface area contributed by atoms with Crippen LogP contribution in [0, 0.1) is 0 Å². The monoisotopic (exact) mass is 272 g/mol. The number of halogens is 1. The number of hydrogen-bond acceptors (Lipinski definition) is 3. The molecular weight excluding hydrogens is 264 g/mol. The van der Waals surface area contributed by atoms with Gasteiger partial charge >= 0.3 is 11.4 Å². The Morgan fingerprint density at radius 2 is 2.13 bits per heavy atom. The number of fused-ring (bicyclic) bond motifs is 1. The maximum Gasteiger partial charge on any atom is 0.355 e. The second-order valence-electron chi connectivity index (χ2n) is 3.43. The number of nitrogens with one attached hydrogen (secondary N) is 1. The molecule has 2 aromatic rings. The molecule has 0 aliphatic heterocycles. The van der Waals surface area contributed by atoms with E-state index in [-0.39, 0.29) is 6.04 Å². The highest BCUT2D eigenvalue weighted by Crippen LogP contribution is 2.11. The summed E-state index contributed by atoms with van der Waals surface area (Å²) in [6.45, 7) is 3.53. The van der Waals surface area contributed by atoms with Gasteiger partial charge in [-0.25, -0.2) is 14.2 Å². The molecule has 0 aliphatic rings. The number of H-pyrrole nitrogens is 1. The standard InChI is InChI=1S/C8H9BrN4O2/c1-4(2)12-7(14)11-6-5(9)3-10-13(6)8(12)15/h3-4H,1-2H3,(H,11,14). The van der Waals surface area contributed by atoms with Gasteiger partial charge in [0.05, 0.1) is 10.7 Å². The minimum atomic E-state index is -0.436. The van der Waals surface area contributed by atoms with Crippen molar-refractivity contribution >= 4 is 21.6 Å². The average molecular weight is 273 g/mol. The van der Waals surface area contributed by atoms with Gasteiger partial charge in [0.1, 0.15) is 0 Å². The summed E-state index contributed by atoms with van der Waals surface area (Å²) in [6.07, 6.45) is 1.47. The van der Waals surface area contributed by atoms with Crippen molar-refractivity contribution in [3.05, 3.63) is 31.6 Å². The van der Waals surface area contributed by atoms with Crippen LogP contribution in [0.4, 0.5) is 0 Å². The normalized spacial score (nSPS) is 11.5. The van der Waals surface area contributed by atoms with E-state index >= 15 is 0 Å². The Morgan fingerprint density at radius 3 is 2.73 bits per heavy atom. The van der Waals surface area contributed by atoms with Crippen LogP contribution >= 0.6 is 15.9 Å². The third-order valence-electron chi connectivity index (χ3n) is 2.07. The van der Waals surface area contributed by atoms with Crippen LogP contribution < -0.4 is 11.4 Å². The van der Waals surface area contributed by atoms with Gasteiger partial charge in [-0.3, -0.25) is 4.98 Å². The molecule has 0 saturated carbocycles. The lowest BCUT2D eigenvalue weighted by molar-refractivity contribution is 0.517. The molecule has 7 heteroatoms. The molecule has 6 nitrogen and oxygen atoms in total. The second kappa shape index (κ2) is 3.34. The summed E-state index contributed by atoms with van der Waals surface area (Å²) in [5.74, 6) is 0. The lowest BCUT2D eigenvalue weighted by Crippen LogP contribution is -2.40. The van der Waals surface area contributed by atoms with Crippen LogP contribution in [-0.4, -0.2) is 19.2 Å². The molecule has 0 aliphatic carbocycles. The fraction of sp³-hybridized carbons (Fsp3) is 0.375. The zero-order valence-electron chi connectivity index (χ0n) is 8.19. The summed E-state index contributed by atoms with van der Waals surface area (Å²) in [5.41, 5.74) is -0.486. The van der Waals surface area contributed by atoms with E-state index in [0.717, 1.165) is 9.08 Å². The smallest absolute Gasteiger partial charge is 0.291 e. The third-order valence-corrected chi connectivity index (χ3v) is 2.65. The minimum Gasteiger partial charge on any atom is -0.291 e. The molecule has 0 bridgehead atoms. The number of aromatic nitrogens is 4. The molecule has 15 heavy (non-hydrogen) atoms. The molecule has 0 saturated heterocycles. The molecule has 0 amide bonds. The summed E-state index contributed by atoms with van der Waals surface area (Å²) in [5, 5.41) is 3.87. The first kappa shape index (κ1) is 10.2. The molecule has 0 spiro atoms. The van der Waals surface area contributed by atoms with E-state index in [0.29, 0.717) is 10.1 Å². The first-order valence-electron chi connectivity index (χ1n) is 4.40. The molecule has 0 atom stereocenters. The van der Waals surface area contributed by atoms with E-state index in [1.165, 1.54) is 6.20 Å². The second-order valence-corrected chi connectivity index (χ2v) is 4.28. The SMILES string of the molecule is CC(C)n1c(=O)[nH]c2c(Br)cnn2c1=O. The summed E-state index contributed by atoms with van der Waals surface area (Å²) in [6, 6.07) is -0.200. The van der Waals surface area contributed by atoms with Gasteiger partial charge in [0.2, 0.25) is 0 Å². The van der Waals surface area contributed by atoms with Crippen LogP contribution in [0.5, 0.6) is 0 Å². The van der Waals surface area contributed by atoms with Crippen molar-refractivity contribution in [3.63, 3.8) is 0 Å².